The van der Waals surface area contributed by atoms with Crippen molar-refractivity contribution < 1.29 is 14.7 Å². The van der Waals surface area contributed by atoms with E-state index < -0.39 is 5.97 Å². The van der Waals surface area contributed by atoms with Gasteiger partial charge in [-0.15, -0.1) is 0 Å². The van der Waals surface area contributed by atoms with E-state index in [0.717, 1.165) is 32.4 Å². The van der Waals surface area contributed by atoms with Crippen molar-refractivity contribution in [3.63, 3.8) is 0 Å². The minimum absolute atomic E-state index is 0.0291. The second-order valence-electron chi connectivity index (χ2n) is 6.56. The number of aliphatic carboxylic acids is 1. The molecule has 2 aliphatic heterocycles. The summed E-state index contributed by atoms with van der Waals surface area (Å²) in [4.78, 5) is 26.9. The first-order chi connectivity index (χ1) is 8.89. The maximum absolute atomic E-state index is 12.4. The van der Waals surface area contributed by atoms with Crippen molar-refractivity contribution >= 4 is 12.0 Å². The maximum atomic E-state index is 12.4. The molecule has 2 fully saturated rings. The van der Waals surface area contributed by atoms with Crippen molar-refractivity contribution in [1.82, 2.24) is 9.80 Å². The molecule has 2 amide bonds. The van der Waals surface area contributed by atoms with Crippen LogP contribution in [-0.2, 0) is 4.79 Å². The number of rotatable bonds is 1. The highest BCUT2D eigenvalue weighted by atomic mass is 16.4. The molecule has 0 aromatic heterocycles. The fourth-order valence-electron chi connectivity index (χ4n) is 2.95. The molecule has 19 heavy (non-hydrogen) atoms. The van der Waals surface area contributed by atoms with Crippen LogP contribution in [0.1, 0.15) is 39.5 Å². The Bertz CT molecular complexity index is 368. The van der Waals surface area contributed by atoms with E-state index in [1.807, 2.05) is 4.90 Å². The zero-order valence-corrected chi connectivity index (χ0v) is 11.9. The number of likely N-dealkylation sites (tertiary alicyclic amines) is 2. The third-order valence-electron chi connectivity index (χ3n) is 4.42. The molecule has 108 valence electrons. The lowest BCUT2D eigenvalue weighted by Gasteiger charge is -2.27. The third-order valence-corrected chi connectivity index (χ3v) is 4.42. The average molecular weight is 268 g/mol. The van der Waals surface area contributed by atoms with Gasteiger partial charge in [-0.2, -0.15) is 0 Å². The van der Waals surface area contributed by atoms with Gasteiger partial charge < -0.3 is 14.9 Å². The van der Waals surface area contributed by atoms with Gasteiger partial charge in [0.1, 0.15) is 0 Å². The fourth-order valence-corrected chi connectivity index (χ4v) is 2.95. The normalized spacial score (nSPS) is 27.2. The Kier molecular flexibility index (Phi) is 4.02. The molecular weight excluding hydrogens is 244 g/mol. The Morgan fingerprint density at radius 1 is 1.11 bits per heavy atom. The first kappa shape index (κ1) is 14.2. The number of hydrogen-bond acceptors (Lipinski definition) is 2. The van der Waals surface area contributed by atoms with Gasteiger partial charge in [0, 0.05) is 26.2 Å². The molecule has 0 radical (unpaired) electrons. The fraction of sp³-hybridized carbons (Fsp3) is 0.857. The molecular formula is C14H24N2O3. The van der Waals surface area contributed by atoms with E-state index in [1.54, 1.807) is 4.90 Å². The van der Waals surface area contributed by atoms with E-state index in [2.05, 4.69) is 13.8 Å². The second-order valence-corrected chi connectivity index (χ2v) is 6.56. The molecule has 0 bridgehead atoms. The lowest BCUT2D eigenvalue weighted by Crippen LogP contribution is -2.43. The third kappa shape index (κ3) is 3.39. The predicted octanol–water partition coefficient (Wildman–Crippen LogP) is 2.03. The van der Waals surface area contributed by atoms with Crippen LogP contribution in [0.2, 0.25) is 0 Å². The van der Waals surface area contributed by atoms with E-state index in [-0.39, 0.29) is 11.9 Å². The first-order valence-electron chi connectivity index (χ1n) is 7.16. The van der Waals surface area contributed by atoms with Crippen LogP contribution in [0, 0.1) is 11.3 Å². The molecule has 0 spiro atoms. The summed E-state index contributed by atoms with van der Waals surface area (Å²) in [6.45, 7) is 7.04. The SMILES string of the molecule is CC1(C)CCCN(C(=O)N2CCC(C(=O)O)C2)CC1. The molecule has 1 atom stereocenters. The molecule has 1 unspecified atom stereocenters. The van der Waals surface area contributed by atoms with Crippen molar-refractivity contribution in [2.24, 2.45) is 11.3 Å². The molecule has 0 aromatic rings. The molecule has 2 aliphatic rings. The maximum Gasteiger partial charge on any atom is 0.320 e. The number of hydrogen-bond donors (Lipinski definition) is 1. The highest BCUT2D eigenvalue weighted by Gasteiger charge is 2.34. The Morgan fingerprint density at radius 2 is 1.84 bits per heavy atom. The summed E-state index contributed by atoms with van der Waals surface area (Å²) in [7, 11) is 0. The topological polar surface area (TPSA) is 60.9 Å². The van der Waals surface area contributed by atoms with E-state index >= 15 is 0 Å². The molecule has 0 aliphatic carbocycles. The largest absolute Gasteiger partial charge is 0.481 e. The van der Waals surface area contributed by atoms with Gasteiger partial charge in [0.2, 0.25) is 0 Å². The van der Waals surface area contributed by atoms with Gasteiger partial charge in [-0.3, -0.25) is 4.79 Å². The molecule has 0 saturated carbocycles. The van der Waals surface area contributed by atoms with Gasteiger partial charge in [-0.25, -0.2) is 4.79 Å². The summed E-state index contributed by atoms with van der Waals surface area (Å²) in [5.41, 5.74) is 0.309. The summed E-state index contributed by atoms with van der Waals surface area (Å²) >= 11 is 0. The lowest BCUT2D eigenvalue weighted by atomic mass is 9.85. The van der Waals surface area contributed by atoms with Gasteiger partial charge in [0.05, 0.1) is 5.92 Å². The van der Waals surface area contributed by atoms with E-state index in [1.165, 1.54) is 0 Å². The van der Waals surface area contributed by atoms with Crippen molar-refractivity contribution in [2.75, 3.05) is 26.2 Å². The summed E-state index contributed by atoms with van der Waals surface area (Å²) in [5.74, 6) is -1.17. The number of carbonyl (C=O) groups is 2. The molecule has 2 saturated heterocycles. The number of urea groups is 1. The molecule has 2 rings (SSSR count). The first-order valence-corrected chi connectivity index (χ1v) is 7.16. The lowest BCUT2D eigenvalue weighted by molar-refractivity contribution is -0.141. The van der Waals surface area contributed by atoms with Crippen molar-refractivity contribution in [3.05, 3.63) is 0 Å². The zero-order valence-electron chi connectivity index (χ0n) is 11.9. The van der Waals surface area contributed by atoms with E-state index in [9.17, 15) is 9.59 Å². The van der Waals surface area contributed by atoms with Crippen LogP contribution in [0.3, 0.4) is 0 Å². The van der Waals surface area contributed by atoms with Crippen LogP contribution in [0.5, 0.6) is 0 Å². The molecule has 5 nitrogen and oxygen atoms in total. The van der Waals surface area contributed by atoms with Crippen LogP contribution in [0.25, 0.3) is 0 Å². The smallest absolute Gasteiger partial charge is 0.320 e. The minimum Gasteiger partial charge on any atom is -0.481 e. The summed E-state index contributed by atoms with van der Waals surface area (Å²) in [5, 5.41) is 8.99. The Labute approximate surface area is 114 Å². The molecule has 0 aromatic carbocycles. The van der Waals surface area contributed by atoms with E-state index in [4.69, 9.17) is 5.11 Å². The van der Waals surface area contributed by atoms with Crippen LogP contribution in [0.15, 0.2) is 0 Å². The van der Waals surface area contributed by atoms with Crippen LogP contribution in [-0.4, -0.2) is 53.1 Å². The van der Waals surface area contributed by atoms with Gasteiger partial charge in [0.15, 0.2) is 0 Å². The monoisotopic (exact) mass is 268 g/mol. The van der Waals surface area contributed by atoms with Crippen molar-refractivity contribution in [1.29, 1.82) is 0 Å². The summed E-state index contributed by atoms with van der Waals surface area (Å²) in [6, 6.07) is 0.0291. The standard InChI is InChI=1S/C14H24N2O3/c1-14(2)5-3-7-15(9-6-14)13(19)16-8-4-11(10-16)12(17)18/h11H,3-10H2,1-2H3,(H,17,18). The number of carboxylic acid groups (broad SMARTS) is 1. The Hall–Kier alpha value is -1.26. The van der Waals surface area contributed by atoms with Gasteiger partial charge in [0.25, 0.3) is 0 Å². The van der Waals surface area contributed by atoms with Crippen molar-refractivity contribution in [2.45, 2.75) is 39.5 Å². The zero-order chi connectivity index (χ0) is 14.0. The summed E-state index contributed by atoms with van der Waals surface area (Å²) < 4.78 is 0. The highest BCUT2D eigenvalue weighted by molar-refractivity contribution is 5.77. The molecule has 2 heterocycles. The number of carbonyl (C=O) groups excluding carboxylic acids is 1. The summed E-state index contributed by atoms with van der Waals surface area (Å²) in [6.07, 6.45) is 3.79. The van der Waals surface area contributed by atoms with E-state index in [0.29, 0.717) is 24.9 Å². The highest BCUT2D eigenvalue weighted by Crippen LogP contribution is 2.30. The average Bonchev–Trinajstić information content (AvgIpc) is 2.75. The number of nitrogens with zero attached hydrogens (tertiary/aromatic N) is 2. The second kappa shape index (κ2) is 5.39. The Morgan fingerprint density at radius 3 is 2.47 bits per heavy atom. The van der Waals surface area contributed by atoms with Crippen LogP contribution < -0.4 is 0 Å². The Balaban J connectivity index is 1.92. The molecule has 1 N–H and O–H groups in total. The van der Waals surface area contributed by atoms with Crippen molar-refractivity contribution in [3.8, 4) is 0 Å². The number of amides is 2. The van der Waals surface area contributed by atoms with Gasteiger partial charge in [-0.05, 0) is 31.1 Å². The van der Waals surface area contributed by atoms with Crippen LogP contribution >= 0.6 is 0 Å². The van der Waals surface area contributed by atoms with Gasteiger partial charge >= 0.3 is 12.0 Å². The van der Waals surface area contributed by atoms with Crippen LogP contribution in [0.4, 0.5) is 4.79 Å². The quantitative estimate of drug-likeness (QED) is 0.791. The predicted molar refractivity (Wildman–Crippen MR) is 71.9 cm³/mol. The molecule has 5 heteroatoms. The number of carboxylic acids is 1. The van der Waals surface area contributed by atoms with Gasteiger partial charge in [-0.1, -0.05) is 13.8 Å². The minimum atomic E-state index is -0.785.